The molecule has 0 aliphatic rings. The van der Waals surface area contributed by atoms with Crippen molar-refractivity contribution < 1.29 is 33.6 Å². The molecule has 0 aromatic rings. The van der Waals surface area contributed by atoms with E-state index in [0.717, 1.165) is 12.8 Å². The van der Waals surface area contributed by atoms with E-state index in [1.54, 1.807) is 0 Å². The van der Waals surface area contributed by atoms with Crippen LogP contribution in [0.15, 0.2) is 0 Å². The van der Waals surface area contributed by atoms with E-state index in [-0.39, 0.29) is 6.16 Å². The van der Waals surface area contributed by atoms with E-state index in [1.165, 1.54) is 57.8 Å². The Morgan fingerprint density at radius 2 is 0.826 bits per heavy atom. The molecule has 0 saturated carbocycles. The average molecular weight is 376 g/mol. The van der Waals surface area contributed by atoms with Crippen LogP contribution >= 0.6 is 15.4 Å². The van der Waals surface area contributed by atoms with E-state index in [1.807, 2.05) is 0 Å². The predicted molar refractivity (Wildman–Crippen MR) is 92.3 cm³/mol. The fourth-order valence-electron chi connectivity index (χ4n) is 2.16. The van der Waals surface area contributed by atoms with E-state index < -0.39 is 15.4 Å². The van der Waals surface area contributed by atoms with Gasteiger partial charge in [0.2, 0.25) is 0 Å². The zero-order chi connectivity index (χ0) is 18.2. The first-order chi connectivity index (χ1) is 10.6. The zero-order valence-electron chi connectivity index (χ0n) is 14.1. The Morgan fingerprint density at radius 3 is 1.09 bits per heavy atom. The van der Waals surface area contributed by atoms with Crippen LogP contribution in [0.1, 0.15) is 84.0 Å². The molecule has 0 unspecified atom stereocenters. The first-order valence-electron chi connectivity index (χ1n) is 8.39. The van der Waals surface area contributed by atoms with Gasteiger partial charge in [-0.1, -0.05) is 77.6 Å². The van der Waals surface area contributed by atoms with Crippen molar-refractivity contribution >= 4 is 15.4 Å². The van der Waals surface area contributed by atoms with Gasteiger partial charge in [0.1, 0.15) is 0 Å². The summed E-state index contributed by atoms with van der Waals surface area (Å²) in [5, 5.41) is 0. The maximum absolute atomic E-state index is 10.6. The molecule has 0 fully saturated rings. The molecule has 0 rings (SSSR count). The van der Waals surface area contributed by atoms with Crippen molar-refractivity contribution in [1.29, 1.82) is 0 Å². The van der Waals surface area contributed by atoms with Crippen LogP contribution in [0.4, 0.5) is 0 Å². The van der Waals surface area contributed by atoms with E-state index in [2.05, 4.69) is 6.92 Å². The van der Waals surface area contributed by atoms with E-state index in [0.29, 0.717) is 6.42 Å². The van der Waals surface area contributed by atoms with Crippen molar-refractivity contribution in [2.45, 2.75) is 84.0 Å². The first-order valence-corrected chi connectivity index (χ1v) is 11.8. The van der Waals surface area contributed by atoms with Gasteiger partial charge < -0.3 is 24.5 Å². The van der Waals surface area contributed by atoms with Crippen molar-refractivity contribution in [2.75, 3.05) is 6.16 Å². The highest BCUT2D eigenvalue weighted by Crippen LogP contribution is 2.35. The molecule has 0 radical (unpaired) electrons. The molecule has 0 atom stereocenters. The highest BCUT2D eigenvalue weighted by Gasteiger charge is 2.10. The second-order valence-corrected chi connectivity index (χ2v) is 8.59. The van der Waals surface area contributed by atoms with Gasteiger partial charge in [0.05, 0.1) is 0 Å². The van der Waals surface area contributed by atoms with Crippen molar-refractivity contribution in [2.24, 2.45) is 0 Å². The Hall–Kier alpha value is 0.260. The fourth-order valence-corrected chi connectivity index (χ4v) is 2.79. The standard InChI is InChI=1S/C14H31O3P.H3O4P/c1-2-3-4-5-6-7-8-9-10-11-12-13-14-18(15,16)17;1-5(2,3)4/h2-14H2,1H3,(H2,15,16,17);(H3,1,2,3,4). The van der Waals surface area contributed by atoms with Crippen LogP contribution in [0.5, 0.6) is 0 Å². The number of phosphoric acid groups is 1. The molecule has 0 spiro atoms. The summed E-state index contributed by atoms with van der Waals surface area (Å²) < 4.78 is 19.5. The fraction of sp³-hybridized carbons (Fsp3) is 1.00. The summed E-state index contributed by atoms with van der Waals surface area (Å²) in [4.78, 5) is 38.9. The van der Waals surface area contributed by atoms with Gasteiger partial charge in [-0.3, -0.25) is 4.57 Å². The van der Waals surface area contributed by atoms with Crippen molar-refractivity contribution in [1.82, 2.24) is 0 Å². The van der Waals surface area contributed by atoms with Crippen LogP contribution in [0.3, 0.4) is 0 Å². The average Bonchev–Trinajstić information content (AvgIpc) is 2.37. The molecule has 23 heavy (non-hydrogen) atoms. The molecule has 142 valence electrons. The molecule has 5 N–H and O–H groups in total. The Kier molecular flexibility index (Phi) is 17.5. The molecule has 9 heteroatoms. The van der Waals surface area contributed by atoms with Crippen LogP contribution in [0, 0.1) is 0 Å². The highest BCUT2D eigenvalue weighted by molar-refractivity contribution is 7.51. The molecule has 0 saturated heterocycles. The Balaban J connectivity index is 0. The van der Waals surface area contributed by atoms with E-state index >= 15 is 0 Å². The Labute approximate surface area is 139 Å². The predicted octanol–water partition coefficient (Wildman–Crippen LogP) is 3.94. The Morgan fingerprint density at radius 1 is 0.565 bits per heavy atom. The molecule has 0 aromatic heterocycles. The van der Waals surface area contributed by atoms with Crippen molar-refractivity contribution in [3.8, 4) is 0 Å². The topological polar surface area (TPSA) is 135 Å². The highest BCUT2D eigenvalue weighted by atomic mass is 31.2. The molecule has 0 aliphatic carbocycles. The van der Waals surface area contributed by atoms with Crippen LogP contribution in [-0.2, 0) is 9.13 Å². The van der Waals surface area contributed by atoms with Gasteiger partial charge in [-0.05, 0) is 6.42 Å². The third-order valence-electron chi connectivity index (χ3n) is 3.30. The zero-order valence-corrected chi connectivity index (χ0v) is 15.9. The monoisotopic (exact) mass is 376 g/mol. The molecule has 0 heterocycles. The second kappa shape index (κ2) is 15.8. The van der Waals surface area contributed by atoms with Crippen LogP contribution in [-0.4, -0.2) is 30.6 Å². The van der Waals surface area contributed by atoms with Gasteiger partial charge >= 0.3 is 15.4 Å². The summed E-state index contributed by atoms with van der Waals surface area (Å²) >= 11 is 0. The lowest BCUT2D eigenvalue weighted by atomic mass is 10.1. The Bertz CT molecular complexity index is 330. The van der Waals surface area contributed by atoms with E-state index in [4.69, 9.17) is 29.0 Å². The summed E-state index contributed by atoms with van der Waals surface area (Å²) in [5.74, 6) is 0. The summed E-state index contributed by atoms with van der Waals surface area (Å²) in [6.45, 7) is 2.24. The minimum absolute atomic E-state index is 0.0599. The number of rotatable bonds is 13. The van der Waals surface area contributed by atoms with Gasteiger partial charge in [-0.25, -0.2) is 4.57 Å². The maximum Gasteiger partial charge on any atom is 0.466 e. The third kappa shape index (κ3) is 39.2. The molecule has 0 amide bonds. The second-order valence-electron chi connectivity index (χ2n) is 5.79. The molecule has 0 aromatic carbocycles. The minimum Gasteiger partial charge on any atom is -0.324 e. The van der Waals surface area contributed by atoms with Crippen molar-refractivity contribution in [3.05, 3.63) is 0 Å². The normalized spacial score (nSPS) is 11.9. The molecule has 0 aliphatic heterocycles. The quantitative estimate of drug-likeness (QED) is 0.243. The van der Waals surface area contributed by atoms with Crippen molar-refractivity contribution in [3.63, 3.8) is 0 Å². The SMILES string of the molecule is CCCCCCCCCCCCCCP(=O)(O)O.O=P(O)(O)O. The number of hydrogen-bond donors (Lipinski definition) is 5. The minimum atomic E-state index is -4.64. The van der Waals surface area contributed by atoms with Gasteiger partial charge in [0, 0.05) is 6.16 Å². The van der Waals surface area contributed by atoms with Gasteiger partial charge in [-0.15, -0.1) is 0 Å². The first kappa shape index (κ1) is 25.5. The largest absolute Gasteiger partial charge is 0.466 e. The summed E-state index contributed by atoms with van der Waals surface area (Å²) in [6, 6.07) is 0. The summed E-state index contributed by atoms with van der Waals surface area (Å²) in [5.41, 5.74) is 0. The lowest BCUT2D eigenvalue weighted by molar-refractivity contribution is 0.275. The molecule has 0 bridgehead atoms. The third-order valence-corrected chi connectivity index (χ3v) is 4.20. The number of hydrogen-bond acceptors (Lipinski definition) is 2. The maximum atomic E-state index is 10.6. The van der Waals surface area contributed by atoms with E-state index in [9.17, 15) is 4.57 Å². The van der Waals surface area contributed by atoms with Crippen LogP contribution in [0.2, 0.25) is 0 Å². The summed E-state index contributed by atoms with van der Waals surface area (Å²) in [6.07, 6.45) is 14.8. The number of unbranched alkanes of at least 4 members (excludes halogenated alkanes) is 11. The van der Waals surface area contributed by atoms with Gasteiger partial charge in [0.25, 0.3) is 0 Å². The molecule has 7 nitrogen and oxygen atoms in total. The smallest absolute Gasteiger partial charge is 0.324 e. The van der Waals surface area contributed by atoms with Crippen LogP contribution < -0.4 is 0 Å². The van der Waals surface area contributed by atoms with Gasteiger partial charge in [0.15, 0.2) is 0 Å². The summed E-state index contributed by atoms with van der Waals surface area (Å²) in [7, 11) is -8.38. The molecular formula is C14H34O7P2. The van der Waals surface area contributed by atoms with Crippen LogP contribution in [0.25, 0.3) is 0 Å². The molecular weight excluding hydrogens is 342 g/mol. The lowest BCUT2D eigenvalue weighted by Gasteiger charge is -2.04. The van der Waals surface area contributed by atoms with Gasteiger partial charge in [-0.2, -0.15) is 0 Å². The lowest BCUT2D eigenvalue weighted by Crippen LogP contribution is -1.88.